The second-order valence-electron chi connectivity index (χ2n) is 5.92. The third-order valence-electron chi connectivity index (χ3n) is 3.91. The lowest BCUT2D eigenvalue weighted by Gasteiger charge is -2.12. The molecule has 0 heterocycles. The van der Waals surface area contributed by atoms with Crippen LogP contribution in [-0.4, -0.2) is 19.0 Å². The van der Waals surface area contributed by atoms with Gasteiger partial charge in [-0.25, -0.2) is 13.2 Å². The first-order chi connectivity index (χ1) is 11.5. The fraction of sp³-hybridized carbons (Fsp3) is 0.278. The molecule has 1 aliphatic carbocycles. The molecule has 0 bridgehead atoms. The fourth-order valence-electron chi connectivity index (χ4n) is 2.46. The number of rotatable bonds is 6. The zero-order chi connectivity index (χ0) is 17.1. The van der Waals surface area contributed by atoms with Crippen LogP contribution in [-0.2, 0) is 4.79 Å². The summed E-state index contributed by atoms with van der Waals surface area (Å²) in [4.78, 5) is 12.0. The van der Waals surface area contributed by atoms with Gasteiger partial charge in [0.2, 0.25) is 5.91 Å². The number of amides is 1. The van der Waals surface area contributed by atoms with E-state index in [2.05, 4.69) is 10.6 Å². The molecule has 3 rings (SSSR count). The van der Waals surface area contributed by atoms with Gasteiger partial charge in [-0.2, -0.15) is 0 Å². The maximum absolute atomic E-state index is 13.5. The van der Waals surface area contributed by atoms with Gasteiger partial charge in [-0.3, -0.25) is 4.79 Å². The van der Waals surface area contributed by atoms with Crippen molar-refractivity contribution in [3.05, 3.63) is 53.8 Å². The van der Waals surface area contributed by atoms with Crippen LogP contribution in [0.3, 0.4) is 0 Å². The Morgan fingerprint density at radius 2 is 1.75 bits per heavy atom. The Morgan fingerprint density at radius 3 is 2.42 bits per heavy atom. The van der Waals surface area contributed by atoms with Crippen LogP contribution in [0.15, 0.2) is 36.4 Å². The lowest BCUT2D eigenvalue weighted by atomic mass is 10.0. The summed E-state index contributed by atoms with van der Waals surface area (Å²) in [6.45, 7) is 0.973. The highest BCUT2D eigenvalue weighted by Crippen LogP contribution is 2.30. The standard InChI is InChI=1S/C18H17F3N2O/c19-14-7-12(8-15(20)18(14)21)13-3-1-2-4-16(13)23-17(24)10-22-9-11-5-6-11/h1-4,7-8,11,22H,5-6,9-10H2,(H,23,24). The highest BCUT2D eigenvalue weighted by atomic mass is 19.2. The highest BCUT2D eigenvalue weighted by molar-refractivity contribution is 5.96. The quantitative estimate of drug-likeness (QED) is 0.791. The summed E-state index contributed by atoms with van der Waals surface area (Å²) < 4.78 is 40.0. The summed E-state index contributed by atoms with van der Waals surface area (Å²) in [6.07, 6.45) is 2.39. The molecule has 2 aromatic carbocycles. The van der Waals surface area contributed by atoms with Crippen LogP contribution in [0, 0.1) is 23.4 Å². The minimum Gasteiger partial charge on any atom is -0.324 e. The van der Waals surface area contributed by atoms with E-state index in [9.17, 15) is 18.0 Å². The van der Waals surface area contributed by atoms with Gasteiger partial charge >= 0.3 is 0 Å². The summed E-state index contributed by atoms with van der Waals surface area (Å²) in [6, 6.07) is 8.44. The first-order valence-corrected chi connectivity index (χ1v) is 7.79. The van der Waals surface area contributed by atoms with Crippen LogP contribution >= 0.6 is 0 Å². The molecular weight excluding hydrogens is 317 g/mol. The molecule has 1 amide bonds. The molecule has 6 heteroatoms. The molecule has 2 N–H and O–H groups in total. The van der Waals surface area contributed by atoms with Crippen molar-refractivity contribution in [3.8, 4) is 11.1 Å². The predicted octanol–water partition coefficient (Wildman–Crippen LogP) is 3.71. The number of carbonyl (C=O) groups is 1. The molecule has 24 heavy (non-hydrogen) atoms. The predicted molar refractivity (Wildman–Crippen MR) is 86.0 cm³/mol. The molecule has 1 saturated carbocycles. The van der Waals surface area contributed by atoms with Gasteiger partial charge in [0.15, 0.2) is 17.5 Å². The summed E-state index contributed by atoms with van der Waals surface area (Å²) in [7, 11) is 0. The van der Waals surface area contributed by atoms with Crippen molar-refractivity contribution in [1.29, 1.82) is 0 Å². The second-order valence-corrected chi connectivity index (χ2v) is 5.92. The third-order valence-corrected chi connectivity index (χ3v) is 3.91. The van der Waals surface area contributed by atoms with E-state index >= 15 is 0 Å². The largest absolute Gasteiger partial charge is 0.324 e. The molecule has 1 aliphatic rings. The van der Waals surface area contributed by atoms with Crippen LogP contribution < -0.4 is 10.6 Å². The van der Waals surface area contributed by atoms with Gasteiger partial charge in [0.25, 0.3) is 0 Å². The van der Waals surface area contributed by atoms with Crippen LogP contribution in [0.2, 0.25) is 0 Å². The van der Waals surface area contributed by atoms with Crippen molar-refractivity contribution in [1.82, 2.24) is 5.32 Å². The number of carbonyl (C=O) groups excluding carboxylic acids is 1. The molecule has 3 nitrogen and oxygen atoms in total. The smallest absolute Gasteiger partial charge is 0.238 e. The molecule has 0 unspecified atom stereocenters. The topological polar surface area (TPSA) is 41.1 Å². The minimum absolute atomic E-state index is 0.160. The number of benzene rings is 2. The van der Waals surface area contributed by atoms with Gasteiger partial charge in [0, 0.05) is 11.3 Å². The Balaban J connectivity index is 1.76. The number of hydrogen-bond donors (Lipinski definition) is 2. The molecule has 0 aliphatic heterocycles. The van der Waals surface area contributed by atoms with Crippen molar-refractivity contribution >= 4 is 11.6 Å². The van der Waals surface area contributed by atoms with E-state index in [1.165, 1.54) is 12.8 Å². The summed E-state index contributed by atoms with van der Waals surface area (Å²) in [5.41, 5.74) is 1.00. The van der Waals surface area contributed by atoms with Gasteiger partial charge in [-0.15, -0.1) is 0 Å². The highest BCUT2D eigenvalue weighted by Gasteiger charge is 2.20. The van der Waals surface area contributed by atoms with E-state index in [1.807, 2.05) is 0 Å². The van der Waals surface area contributed by atoms with E-state index < -0.39 is 17.5 Å². The summed E-state index contributed by atoms with van der Waals surface area (Å²) in [5, 5.41) is 5.79. The Morgan fingerprint density at radius 1 is 1.08 bits per heavy atom. The first-order valence-electron chi connectivity index (χ1n) is 7.79. The van der Waals surface area contributed by atoms with Gasteiger partial charge in [-0.05, 0) is 49.1 Å². The Bertz CT molecular complexity index is 737. The van der Waals surface area contributed by atoms with Gasteiger partial charge < -0.3 is 10.6 Å². The Kier molecular flexibility index (Phi) is 4.85. The molecular formula is C18H17F3N2O. The van der Waals surface area contributed by atoms with Crippen molar-refractivity contribution in [2.75, 3.05) is 18.4 Å². The van der Waals surface area contributed by atoms with E-state index in [4.69, 9.17) is 0 Å². The zero-order valence-corrected chi connectivity index (χ0v) is 12.9. The van der Waals surface area contributed by atoms with E-state index in [0.717, 1.165) is 18.7 Å². The molecule has 126 valence electrons. The van der Waals surface area contributed by atoms with Crippen LogP contribution in [0.5, 0.6) is 0 Å². The number of hydrogen-bond acceptors (Lipinski definition) is 2. The molecule has 0 saturated heterocycles. The number of para-hydroxylation sites is 1. The summed E-state index contributed by atoms with van der Waals surface area (Å²) in [5.74, 6) is -3.62. The maximum Gasteiger partial charge on any atom is 0.238 e. The average molecular weight is 334 g/mol. The third kappa shape index (κ3) is 3.94. The van der Waals surface area contributed by atoms with Crippen molar-refractivity contribution in [2.45, 2.75) is 12.8 Å². The number of nitrogens with one attached hydrogen (secondary N) is 2. The first kappa shape index (κ1) is 16.5. The van der Waals surface area contributed by atoms with Gasteiger partial charge in [0.1, 0.15) is 0 Å². The van der Waals surface area contributed by atoms with E-state index in [0.29, 0.717) is 17.2 Å². The second kappa shape index (κ2) is 7.05. The van der Waals surface area contributed by atoms with Crippen LogP contribution in [0.25, 0.3) is 11.1 Å². The van der Waals surface area contributed by atoms with Crippen molar-refractivity contribution < 1.29 is 18.0 Å². The fourth-order valence-corrected chi connectivity index (χ4v) is 2.46. The van der Waals surface area contributed by atoms with Crippen molar-refractivity contribution in [3.63, 3.8) is 0 Å². The zero-order valence-electron chi connectivity index (χ0n) is 12.9. The van der Waals surface area contributed by atoms with Gasteiger partial charge in [-0.1, -0.05) is 18.2 Å². The molecule has 0 aromatic heterocycles. The van der Waals surface area contributed by atoms with Crippen LogP contribution in [0.1, 0.15) is 12.8 Å². The molecule has 0 radical (unpaired) electrons. The minimum atomic E-state index is -1.51. The van der Waals surface area contributed by atoms with Crippen molar-refractivity contribution in [2.24, 2.45) is 5.92 Å². The molecule has 0 spiro atoms. The molecule has 1 fully saturated rings. The lowest BCUT2D eigenvalue weighted by molar-refractivity contribution is -0.115. The normalized spacial score (nSPS) is 13.8. The van der Waals surface area contributed by atoms with Gasteiger partial charge in [0.05, 0.1) is 6.54 Å². The van der Waals surface area contributed by atoms with E-state index in [1.54, 1.807) is 24.3 Å². The average Bonchev–Trinajstić information content (AvgIpc) is 3.37. The maximum atomic E-state index is 13.5. The lowest BCUT2D eigenvalue weighted by Crippen LogP contribution is -2.29. The van der Waals surface area contributed by atoms with E-state index in [-0.39, 0.29) is 18.0 Å². The molecule has 0 atom stereocenters. The summed E-state index contributed by atoms with van der Waals surface area (Å²) >= 11 is 0. The number of anilines is 1. The Labute approximate surface area is 137 Å². The number of halogens is 3. The SMILES string of the molecule is O=C(CNCC1CC1)Nc1ccccc1-c1cc(F)c(F)c(F)c1. The molecule has 2 aromatic rings. The Hall–Kier alpha value is -2.34. The van der Waals surface area contributed by atoms with Crippen LogP contribution in [0.4, 0.5) is 18.9 Å². The monoisotopic (exact) mass is 334 g/mol.